The van der Waals surface area contributed by atoms with Crippen molar-refractivity contribution in [3.05, 3.63) is 0 Å². The lowest BCUT2D eigenvalue weighted by Gasteiger charge is -2.38. The monoisotopic (exact) mass is 174 g/mol. The van der Waals surface area contributed by atoms with E-state index in [2.05, 4.69) is 6.92 Å². The maximum Gasteiger partial charge on any atom is 0.0790 e. The molecule has 1 fully saturated rings. The van der Waals surface area contributed by atoms with Gasteiger partial charge in [-0.3, -0.25) is 0 Å². The minimum atomic E-state index is -0.192. The van der Waals surface area contributed by atoms with E-state index in [0.29, 0.717) is 0 Å². The first kappa shape index (κ1) is 9.23. The average molecular weight is 174 g/mol. The zero-order valence-electron chi connectivity index (χ0n) is 7.47. The lowest BCUT2D eigenvalue weighted by atomic mass is 10.0. The van der Waals surface area contributed by atoms with Crippen molar-refractivity contribution >= 4 is 10.2 Å². The molecule has 11 heavy (non-hydrogen) atoms. The molecule has 0 aromatic rings. The molecule has 1 rings (SSSR count). The normalized spacial score (nSPS) is 39.3. The number of ether oxygens (including phenoxy) is 1. The Morgan fingerprint density at radius 1 is 1.73 bits per heavy atom. The molecule has 0 aromatic carbocycles. The Morgan fingerprint density at radius 2 is 2.45 bits per heavy atom. The van der Waals surface area contributed by atoms with Crippen LogP contribution in [0.1, 0.15) is 32.6 Å². The highest BCUT2D eigenvalue weighted by atomic mass is 28.1. The molecular formula is C8H18O2Si. The Hall–Kier alpha value is 0.137. The van der Waals surface area contributed by atoms with Crippen LogP contribution in [-0.2, 0) is 4.74 Å². The quantitative estimate of drug-likeness (QED) is 0.598. The maximum atomic E-state index is 9.67. The summed E-state index contributed by atoms with van der Waals surface area (Å²) in [5.74, 6) is 0. The number of hydrogen-bond acceptors (Lipinski definition) is 2. The molecule has 66 valence electrons. The molecule has 0 aliphatic carbocycles. The van der Waals surface area contributed by atoms with Crippen LogP contribution < -0.4 is 0 Å². The maximum absolute atomic E-state index is 9.67. The van der Waals surface area contributed by atoms with Crippen molar-refractivity contribution < 1.29 is 9.84 Å². The highest BCUT2D eigenvalue weighted by Crippen LogP contribution is 2.26. The number of hydrogen-bond donors (Lipinski definition) is 1. The van der Waals surface area contributed by atoms with E-state index in [1.807, 2.05) is 0 Å². The van der Waals surface area contributed by atoms with Gasteiger partial charge in [0.05, 0.1) is 11.3 Å². The largest absolute Gasteiger partial charge is 0.391 e. The van der Waals surface area contributed by atoms with Crippen LogP contribution in [-0.4, -0.2) is 33.3 Å². The fourth-order valence-electron chi connectivity index (χ4n) is 1.72. The minimum Gasteiger partial charge on any atom is -0.391 e. The fraction of sp³-hybridized carbons (Fsp3) is 1.00. The van der Waals surface area contributed by atoms with Crippen molar-refractivity contribution in [2.24, 2.45) is 0 Å². The van der Waals surface area contributed by atoms with Gasteiger partial charge >= 0.3 is 0 Å². The molecular weight excluding hydrogens is 156 g/mol. The molecule has 0 spiro atoms. The molecule has 2 unspecified atom stereocenters. The van der Waals surface area contributed by atoms with Gasteiger partial charge in [0, 0.05) is 16.8 Å². The topological polar surface area (TPSA) is 29.5 Å². The van der Waals surface area contributed by atoms with Crippen LogP contribution in [0.2, 0.25) is 0 Å². The van der Waals surface area contributed by atoms with E-state index in [4.69, 9.17) is 4.74 Å². The molecule has 1 aliphatic rings. The zero-order chi connectivity index (χ0) is 8.32. The van der Waals surface area contributed by atoms with E-state index in [0.717, 1.165) is 42.5 Å². The molecule has 1 heterocycles. The Balaban J connectivity index is 2.49. The average Bonchev–Trinajstić information content (AvgIpc) is 1.96. The van der Waals surface area contributed by atoms with Gasteiger partial charge in [-0.2, -0.15) is 0 Å². The lowest BCUT2D eigenvalue weighted by Crippen LogP contribution is -2.48. The molecule has 3 heteroatoms. The van der Waals surface area contributed by atoms with Gasteiger partial charge < -0.3 is 9.84 Å². The van der Waals surface area contributed by atoms with Crippen LogP contribution >= 0.6 is 0 Å². The van der Waals surface area contributed by atoms with E-state index >= 15 is 0 Å². The fourth-order valence-corrected chi connectivity index (χ4v) is 2.71. The van der Waals surface area contributed by atoms with Crippen molar-refractivity contribution in [1.29, 1.82) is 0 Å². The van der Waals surface area contributed by atoms with E-state index in [1.54, 1.807) is 0 Å². The Bertz CT molecular complexity index is 125. The van der Waals surface area contributed by atoms with Gasteiger partial charge in [0.1, 0.15) is 0 Å². The minimum absolute atomic E-state index is 0.118. The summed E-state index contributed by atoms with van der Waals surface area (Å²) in [4.78, 5) is 0. The van der Waals surface area contributed by atoms with Crippen molar-refractivity contribution in [3.8, 4) is 0 Å². The third kappa shape index (κ3) is 2.04. The summed E-state index contributed by atoms with van der Waals surface area (Å²) in [6, 6.07) is 0. The third-order valence-corrected chi connectivity index (χ3v) is 3.96. The van der Waals surface area contributed by atoms with Crippen molar-refractivity contribution in [1.82, 2.24) is 0 Å². The number of aliphatic hydroxyl groups excluding tert-OH is 1. The zero-order valence-corrected chi connectivity index (χ0v) is 9.47. The molecule has 1 aliphatic heterocycles. The van der Waals surface area contributed by atoms with E-state index in [9.17, 15) is 5.11 Å². The van der Waals surface area contributed by atoms with Gasteiger partial charge in [0.25, 0.3) is 0 Å². The highest BCUT2D eigenvalue weighted by Gasteiger charge is 2.35. The summed E-state index contributed by atoms with van der Waals surface area (Å²) in [5.41, 5.74) is 0. The van der Waals surface area contributed by atoms with Gasteiger partial charge in [-0.25, -0.2) is 0 Å². The van der Waals surface area contributed by atoms with Gasteiger partial charge in [-0.05, 0) is 19.3 Å². The summed E-state index contributed by atoms with van der Waals surface area (Å²) in [7, 11) is 0.951. The lowest BCUT2D eigenvalue weighted by molar-refractivity contribution is -0.106. The molecule has 0 radical (unpaired) electrons. The van der Waals surface area contributed by atoms with E-state index < -0.39 is 0 Å². The second-order valence-corrected chi connectivity index (χ2v) is 5.26. The smallest absolute Gasteiger partial charge is 0.0790 e. The first-order valence-electron chi connectivity index (χ1n) is 4.51. The second-order valence-electron chi connectivity index (χ2n) is 3.57. The Morgan fingerprint density at radius 3 is 3.00 bits per heavy atom. The molecule has 0 aromatic heterocycles. The standard InChI is InChI=1S/C8H18O2Si/c1-2-5-8(11)7(9)4-3-6-10-8/h7,9H,2-6H2,1,11H3. The molecule has 0 bridgehead atoms. The van der Waals surface area contributed by atoms with Crippen LogP contribution in [0.3, 0.4) is 0 Å². The van der Waals surface area contributed by atoms with Crippen LogP contribution in [0.5, 0.6) is 0 Å². The molecule has 0 saturated carbocycles. The third-order valence-electron chi connectivity index (χ3n) is 2.50. The van der Waals surface area contributed by atoms with E-state index in [-0.39, 0.29) is 11.3 Å². The summed E-state index contributed by atoms with van der Waals surface area (Å²) in [5, 5.41) is 9.55. The summed E-state index contributed by atoms with van der Waals surface area (Å²) in [6.07, 6.45) is 3.90. The molecule has 1 N–H and O–H groups in total. The van der Waals surface area contributed by atoms with Gasteiger partial charge in [-0.1, -0.05) is 13.3 Å². The van der Waals surface area contributed by atoms with Crippen LogP contribution in [0.15, 0.2) is 0 Å². The molecule has 1 saturated heterocycles. The summed E-state index contributed by atoms with van der Waals surface area (Å²) < 4.78 is 5.63. The van der Waals surface area contributed by atoms with Crippen molar-refractivity contribution in [3.63, 3.8) is 0 Å². The SMILES string of the molecule is CCCC1([SiH3])OCCCC1O. The molecule has 0 amide bonds. The van der Waals surface area contributed by atoms with Crippen molar-refractivity contribution in [2.45, 2.75) is 43.9 Å². The summed E-state index contributed by atoms with van der Waals surface area (Å²) >= 11 is 0. The second kappa shape index (κ2) is 3.69. The van der Waals surface area contributed by atoms with Crippen molar-refractivity contribution in [2.75, 3.05) is 6.61 Å². The Labute approximate surface area is 71.4 Å². The molecule has 2 nitrogen and oxygen atoms in total. The predicted molar refractivity (Wildman–Crippen MR) is 48.8 cm³/mol. The van der Waals surface area contributed by atoms with E-state index in [1.165, 1.54) is 0 Å². The van der Waals surface area contributed by atoms with Crippen LogP contribution in [0, 0.1) is 0 Å². The first-order valence-corrected chi connectivity index (χ1v) is 5.51. The predicted octanol–water partition coefficient (Wildman–Crippen LogP) is 0.0195. The summed E-state index contributed by atoms with van der Waals surface area (Å²) in [6.45, 7) is 2.99. The van der Waals surface area contributed by atoms with Gasteiger partial charge in [-0.15, -0.1) is 0 Å². The van der Waals surface area contributed by atoms with Gasteiger partial charge in [0.15, 0.2) is 0 Å². The number of rotatable bonds is 2. The Kier molecular flexibility index (Phi) is 3.10. The highest BCUT2D eigenvalue weighted by molar-refractivity contribution is 6.15. The van der Waals surface area contributed by atoms with Gasteiger partial charge in [0.2, 0.25) is 0 Å². The first-order chi connectivity index (χ1) is 5.19. The van der Waals surface area contributed by atoms with Crippen LogP contribution in [0.4, 0.5) is 0 Å². The van der Waals surface area contributed by atoms with Crippen LogP contribution in [0.25, 0.3) is 0 Å². The number of aliphatic hydroxyl groups is 1. The molecule has 2 atom stereocenters.